The van der Waals surface area contributed by atoms with Crippen LogP contribution < -0.4 is 10.2 Å². The molecule has 2 N–H and O–H groups in total. The molecule has 1 aromatic carbocycles. The van der Waals surface area contributed by atoms with Crippen LogP contribution in [-0.4, -0.2) is 54.7 Å². The summed E-state index contributed by atoms with van der Waals surface area (Å²) in [6, 6.07) is 7.14. The van der Waals surface area contributed by atoms with Gasteiger partial charge in [-0.3, -0.25) is 9.59 Å². The van der Waals surface area contributed by atoms with Gasteiger partial charge in [-0.25, -0.2) is 0 Å². The summed E-state index contributed by atoms with van der Waals surface area (Å²) in [6.07, 6.45) is 3.88. The van der Waals surface area contributed by atoms with E-state index in [2.05, 4.69) is 5.32 Å². The van der Waals surface area contributed by atoms with Crippen LogP contribution in [0.5, 0.6) is 0 Å². The van der Waals surface area contributed by atoms with Crippen LogP contribution in [0.2, 0.25) is 5.02 Å². The van der Waals surface area contributed by atoms with Crippen LogP contribution in [-0.2, 0) is 9.59 Å². The van der Waals surface area contributed by atoms with Crippen molar-refractivity contribution >= 4 is 35.2 Å². The predicted octanol–water partition coefficient (Wildman–Crippen LogP) is 2.12. The van der Waals surface area contributed by atoms with E-state index in [0.717, 1.165) is 12.1 Å². The lowest BCUT2D eigenvalue weighted by molar-refractivity contribution is -0.903. The van der Waals surface area contributed by atoms with E-state index < -0.39 is 6.04 Å². The molecule has 2 saturated heterocycles. The first-order valence-corrected chi connectivity index (χ1v) is 11.7. The fourth-order valence-corrected chi connectivity index (χ4v) is 5.75. The number of hydrogen-bond acceptors (Lipinski definition) is 3. The Morgan fingerprint density at radius 3 is 2.64 bits per heavy atom. The number of nitrogens with zero attached hydrogens (tertiary/aromatic N) is 1. The molecule has 7 heteroatoms. The Bertz CT molecular complexity index is 694. The van der Waals surface area contributed by atoms with Crippen LogP contribution in [0, 0.1) is 5.92 Å². The Morgan fingerprint density at radius 1 is 1.25 bits per heavy atom. The zero-order valence-corrected chi connectivity index (χ0v) is 18.3. The second-order valence-corrected chi connectivity index (χ2v) is 9.50. The number of rotatable bonds is 6. The maximum absolute atomic E-state index is 13.0. The number of quaternary nitrogens is 1. The summed E-state index contributed by atoms with van der Waals surface area (Å²) in [6.45, 7) is 7.77. The van der Waals surface area contributed by atoms with Gasteiger partial charge < -0.3 is 15.1 Å². The molecule has 0 unspecified atom stereocenters. The molecule has 0 saturated carbocycles. The number of benzene rings is 1. The van der Waals surface area contributed by atoms with Crippen molar-refractivity contribution in [3.63, 3.8) is 0 Å². The highest BCUT2D eigenvalue weighted by atomic mass is 35.5. The number of amides is 2. The minimum Gasteiger partial charge on any atom is -0.349 e. The maximum Gasteiger partial charge on any atom is 0.243 e. The van der Waals surface area contributed by atoms with Gasteiger partial charge in [-0.05, 0) is 25.3 Å². The number of thioether (sulfide) groups is 1. The van der Waals surface area contributed by atoms with Crippen LogP contribution in [0.3, 0.4) is 0 Å². The van der Waals surface area contributed by atoms with Gasteiger partial charge in [0, 0.05) is 22.3 Å². The Labute approximate surface area is 177 Å². The number of carbonyl (C=O) groups is 2. The molecule has 154 valence electrons. The number of piperidine rings is 1. The average Bonchev–Trinajstić information content (AvgIpc) is 3.13. The van der Waals surface area contributed by atoms with Crippen molar-refractivity contribution in [2.75, 3.05) is 31.9 Å². The van der Waals surface area contributed by atoms with Gasteiger partial charge in [0.15, 0.2) is 0 Å². The smallest absolute Gasteiger partial charge is 0.243 e. The van der Waals surface area contributed by atoms with E-state index in [4.69, 9.17) is 11.6 Å². The zero-order valence-electron chi connectivity index (χ0n) is 16.7. The standard InChI is InChI=1S/C21H30ClN3O2S/c1-15(2)20(27)25-18(14-28-21(25)16-8-4-5-9-17(16)22)19(26)23-10-13-24-11-6-3-7-12-24/h4-5,8-9,15,18,21H,3,6-7,10-14H2,1-2H3,(H,23,26)/p+1/t18-,21-/m0/s1. The number of hydrogen-bond donors (Lipinski definition) is 2. The molecular weight excluding hydrogens is 394 g/mol. The molecule has 0 aromatic heterocycles. The van der Waals surface area contributed by atoms with Gasteiger partial charge in [-0.1, -0.05) is 43.6 Å². The van der Waals surface area contributed by atoms with Crippen LogP contribution in [0.25, 0.3) is 0 Å². The maximum atomic E-state index is 13.0. The third kappa shape index (κ3) is 5.02. The van der Waals surface area contributed by atoms with Crippen LogP contribution in [0.15, 0.2) is 24.3 Å². The van der Waals surface area contributed by atoms with Crippen LogP contribution in [0.1, 0.15) is 44.0 Å². The van der Waals surface area contributed by atoms with E-state index in [1.807, 2.05) is 38.1 Å². The van der Waals surface area contributed by atoms with Gasteiger partial charge in [0.2, 0.25) is 11.8 Å². The van der Waals surface area contributed by atoms with Gasteiger partial charge in [0.05, 0.1) is 26.2 Å². The molecule has 5 nitrogen and oxygen atoms in total. The predicted molar refractivity (Wildman–Crippen MR) is 115 cm³/mol. The SMILES string of the molecule is CC(C)C(=O)N1[C@H](C(=O)NCC[NH+]2CCCCC2)CS[C@H]1c1ccccc1Cl. The largest absolute Gasteiger partial charge is 0.349 e. The Balaban J connectivity index is 1.67. The zero-order chi connectivity index (χ0) is 20.1. The van der Waals surface area contributed by atoms with Gasteiger partial charge >= 0.3 is 0 Å². The summed E-state index contributed by atoms with van der Waals surface area (Å²) < 4.78 is 0. The minimum absolute atomic E-state index is 0.00303. The third-order valence-electron chi connectivity index (χ3n) is 5.56. The van der Waals surface area contributed by atoms with Crippen molar-refractivity contribution in [2.24, 2.45) is 5.92 Å². The van der Waals surface area contributed by atoms with Crippen molar-refractivity contribution < 1.29 is 14.5 Å². The van der Waals surface area contributed by atoms with E-state index in [1.54, 1.807) is 21.6 Å². The lowest BCUT2D eigenvalue weighted by Gasteiger charge is -2.31. The molecule has 2 aliphatic rings. The van der Waals surface area contributed by atoms with Crippen LogP contribution >= 0.6 is 23.4 Å². The minimum atomic E-state index is -0.447. The number of carbonyl (C=O) groups excluding carboxylic acids is 2. The molecule has 2 atom stereocenters. The Morgan fingerprint density at radius 2 is 1.96 bits per heavy atom. The normalized spacial score (nSPS) is 23.2. The van der Waals surface area contributed by atoms with E-state index in [1.165, 1.54) is 32.4 Å². The third-order valence-corrected chi connectivity index (χ3v) is 7.21. The van der Waals surface area contributed by atoms with Crippen molar-refractivity contribution in [1.82, 2.24) is 10.2 Å². The van der Waals surface area contributed by atoms with Gasteiger partial charge in [0.1, 0.15) is 11.4 Å². The summed E-state index contributed by atoms with van der Waals surface area (Å²) in [5, 5.41) is 3.50. The number of likely N-dealkylation sites (tertiary alicyclic amines) is 1. The lowest BCUT2D eigenvalue weighted by atomic mass is 10.1. The quantitative estimate of drug-likeness (QED) is 0.735. The molecular formula is C21H31ClN3O2S+. The van der Waals surface area contributed by atoms with Crippen LogP contribution in [0.4, 0.5) is 0 Å². The number of halogens is 1. The first-order valence-electron chi connectivity index (χ1n) is 10.3. The van der Waals surface area contributed by atoms with Gasteiger partial charge in [-0.15, -0.1) is 11.8 Å². The Kier molecular flexibility index (Phi) is 7.66. The second kappa shape index (κ2) is 9.99. The average molecular weight is 425 g/mol. The lowest BCUT2D eigenvalue weighted by Crippen LogP contribution is -3.13. The van der Waals surface area contributed by atoms with E-state index in [9.17, 15) is 9.59 Å². The molecule has 2 amide bonds. The summed E-state index contributed by atoms with van der Waals surface area (Å²) in [4.78, 5) is 29.2. The summed E-state index contributed by atoms with van der Waals surface area (Å²) in [5.74, 6) is 0.373. The van der Waals surface area contributed by atoms with Crippen molar-refractivity contribution in [2.45, 2.75) is 44.5 Å². The second-order valence-electron chi connectivity index (χ2n) is 7.97. The molecule has 1 aromatic rings. The molecule has 0 aliphatic carbocycles. The summed E-state index contributed by atoms with van der Waals surface area (Å²) >= 11 is 8.01. The van der Waals surface area contributed by atoms with E-state index >= 15 is 0 Å². The molecule has 3 rings (SSSR count). The molecule has 0 bridgehead atoms. The monoisotopic (exact) mass is 424 g/mol. The summed E-state index contributed by atoms with van der Waals surface area (Å²) in [5.41, 5.74) is 0.899. The molecule has 0 spiro atoms. The topological polar surface area (TPSA) is 53.9 Å². The first kappa shape index (κ1) is 21.5. The highest BCUT2D eigenvalue weighted by Crippen LogP contribution is 2.44. The van der Waals surface area contributed by atoms with E-state index in [-0.39, 0.29) is 23.1 Å². The van der Waals surface area contributed by atoms with Crippen molar-refractivity contribution in [1.29, 1.82) is 0 Å². The highest BCUT2D eigenvalue weighted by Gasteiger charge is 2.43. The molecule has 2 fully saturated rings. The first-order chi connectivity index (χ1) is 13.5. The van der Waals surface area contributed by atoms with Gasteiger partial charge in [0.25, 0.3) is 0 Å². The fraction of sp³-hybridized carbons (Fsp3) is 0.619. The molecule has 0 radical (unpaired) electrons. The number of nitrogens with one attached hydrogen (secondary N) is 2. The Hall–Kier alpha value is -1.24. The van der Waals surface area contributed by atoms with Gasteiger partial charge in [-0.2, -0.15) is 0 Å². The summed E-state index contributed by atoms with van der Waals surface area (Å²) in [7, 11) is 0. The van der Waals surface area contributed by atoms with Crippen molar-refractivity contribution in [3.8, 4) is 0 Å². The van der Waals surface area contributed by atoms with Crippen molar-refractivity contribution in [3.05, 3.63) is 34.9 Å². The fourth-order valence-electron chi connectivity index (χ4n) is 3.97. The molecule has 28 heavy (non-hydrogen) atoms. The molecule has 2 aliphatic heterocycles. The highest BCUT2D eigenvalue weighted by molar-refractivity contribution is 7.99. The van der Waals surface area contributed by atoms with E-state index in [0.29, 0.717) is 17.3 Å². The molecule has 2 heterocycles.